The van der Waals surface area contributed by atoms with Crippen LogP contribution in [-0.4, -0.2) is 64.3 Å². The summed E-state index contributed by atoms with van der Waals surface area (Å²) in [5.41, 5.74) is -2.55. The molecule has 1 aliphatic rings. The van der Waals surface area contributed by atoms with Crippen molar-refractivity contribution < 1.29 is 27.5 Å². The second-order valence-electron chi connectivity index (χ2n) is 7.37. The Kier molecular flexibility index (Phi) is 7.68. The van der Waals surface area contributed by atoms with Crippen LogP contribution >= 0.6 is 0 Å². The number of nitriles is 1. The molecule has 4 rings (SSSR count). The predicted molar refractivity (Wildman–Crippen MR) is 121 cm³/mol. The number of piperazine rings is 1. The van der Waals surface area contributed by atoms with Crippen molar-refractivity contribution in [3.05, 3.63) is 45.1 Å². The number of anilines is 1. The van der Waals surface area contributed by atoms with Crippen LogP contribution in [-0.2, 0) is 11.8 Å². The average molecular weight is 509 g/mol. The van der Waals surface area contributed by atoms with Gasteiger partial charge < -0.3 is 19.8 Å². The number of carbonyl (C=O) groups excluding carboxylic acids is 1. The first kappa shape index (κ1) is 26.3. The molecule has 0 bridgehead atoms. The van der Waals surface area contributed by atoms with Crippen LogP contribution in [0.5, 0.6) is 5.75 Å². The van der Waals surface area contributed by atoms with Gasteiger partial charge in [-0.15, -0.1) is 0 Å². The zero-order chi connectivity index (χ0) is 26.6. The largest absolute Gasteiger partial charge is 0.495 e. The standard InChI is InChI=1S/C19H19F3N6O5.C2H3N/c1-25-14-13(15(29)28(18(25)31)33-16(30)19(20,21)22)27(11-5-3-4-6-12(11)32-2)17(24-14)26-9-7-23-8-10-26;1-2-3/h3-6,23H,7-10H2,1-2H3;1H3. The lowest BCUT2D eigenvalue weighted by Gasteiger charge is -2.29. The third-order valence-electron chi connectivity index (χ3n) is 5.14. The van der Waals surface area contributed by atoms with Crippen LogP contribution in [0.4, 0.5) is 19.1 Å². The SMILES string of the molecule is CC#N.COc1ccccc1-n1c(N2CCNCC2)nc2c1c(=O)n(OC(=O)C(F)(F)F)c(=O)n2C. The number of hydrogen-bond acceptors (Lipinski definition) is 9. The number of nitrogens with one attached hydrogen (secondary N) is 1. The maximum absolute atomic E-state index is 13.2. The zero-order valence-corrected chi connectivity index (χ0v) is 19.5. The number of benzene rings is 1. The number of carbonyl (C=O) groups is 1. The van der Waals surface area contributed by atoms with Gasteiger partial charge in [0.15, 0.2) is 11.2 Å². The summed E-state index contributed by atoms with van der Waals surface area (Å²) in [4.78, 5) is 47.7. The topological polar surface area (TPSA) is 136 Å². The van der Waals surface area contributed by atoms with Gasteiger partial charge in [-0.25, -0.2) is 9.59 Å². The van der Waals surface area contributed by atoms with Gasteiger partial charge in [0, 0.05) is 40.2 Å². The molecular weight excluding hydrogens is 487 g/mol. The van der Waals surface area contributed by atoms with E-state index in [2.05, 4.69) is 15.1 Å². The number of alkyl halides is 3. The summed E-state index contributed by atoms with van der Waals surface area (Å²) in [5, 5.41) is 10.5. The Morgan fingerprint density at radius 2 is 1.81 bits per heavy atom. The van der Waals surface area contributed by atoms with E-state index in [4.69, 9.17) is 10.00 Å². The molecule has 1 fully saturated rings. The van der Waals surface area contributed by atoms with Gasteiger partial charge in [0.2, 0.25) is 5.95 Å². The number of ether oxygens (including phenoxy) is 1. The molecule has 192 valence electrons. The molecule has 3 aromatic rings. The lowest BCUT2D eigenvalue weighted by molar-refractivity contribution is -0.200. The molecule has 1 saturated heterocycles. The smallest absolute Gasteiger partial charge is 0.493 e. The Hall–Kier alpha value is -4.32. The first-order chi connectivity index (χ1) is 17.1. The number of methoxy groups -OCH3 is 1. The fourth-order valence-electron chi connectivity index (χ4n) is 3.57. The van der Waals surface area contributed by atoms with Gasteiger partial charge in [0.25, 0.3) is 0 Å². The van der Waals surface area contributed by atoms with Crippen molar-refractivity contribution in [1.29, 1.82) is 5.26 Å². The van der Waals surface area contributed by atoms with Crippen molar-refractivity contribution >= 4 is 23.1 Å². The summed E-state index contributed by atoms with van der Waals surface area (Å²) in [5.74, 6) is -2.07. The lowest BCUT2D eigenvalue weighted by Crippen LogP contribution is -2.48. The highest BCUT2D eigenvalue weighted by molar-refractivity contribution is 5.79. The minimum Gasteiger partial charge on any atom is -0.495 e. The number of aromatic nitrogens is 4. The van der Waals surface area contributed by atoms with Gasteiger partial charge in [0.05, 0.1) is 18.9 Å². The third-order valence-corrected chi connectivity index (χ3v) is 5.14. The number of nitrogens with zero attached hydrogens (tertiary/aromatic N) is 6. The Labute approximate surface area is 201 Å². The van der Waals surface area contributed by atoms with Crippen LogP contribution in [0.2, 0.25) is 0 Å². The van der Waals surface area contributed by atoms with Crippen LogP contribution < -0.4 is 31.0 Å². The lowest BCUT2D eigenvalue weighted by atomic mass is 10.3. The number of para-hydroxylation sites is 2. The molecule has 12 nitrogen and oxygen atoms in total. The summed E-state index contributed by atoms with van der Waals surface area (Å²) in [6.07, 6.45) is -5.41. The molecule has 2 aromatic heterocycles. The Balaban J connectivity index is 0.00000115. The second-order valence-corrected chi connectivity index (χ2v) is 7.37. The fourth-order valence-corrected chi connectivity index (χ4v) is 3.57. The molecular formula is C21H22F3N7O5. The summed E-state index contributed by atoms with van der Waals surface area (Å²) < 4.78 is 45.7. The van der Waals surface area contributed by atoms with Crippen LogP contribution in [0.15, 0.2) is 33.9 Å². The molecule has 36 heavy (non-hydrogen) atoms. The molecule has 0 amide bonds. The number of fused-ring (bicyclic) bond motifs is 1. The molecule has 1 N–H and O–H groups in total. The summed E-state index contributed by atoms with van der Waals surface area (Å²) in [7, 11) is 2.63. The van der Waals surface area contributed by atoms with E-state index in [1.165, 1.54) is 25.6 Å². The fraction of sp³-hybridized carbons (Fsp3) is 0.381. The molecule has 1 aromatic carbocycles. The van der Waals surface area contributed by atoms with Crippen molar-refractivity contribution in [3.8, 4) is 17.5 Å². The maximum Gasteiger partial charge on any atom is 0.493 e. The number of hydrogen-bond donors (Lipinski definition) is 1. The molecule has 0 spiro atoms. The number of halogens is 3. The number of rotatable bonds is 4. The van der Waals surface area contributed by atoms with Crippen LogP contribution in [0.25, 0.3) is 16.9 Å². The average Bonchev–Trinajstić information content (AvgIpc) is 3.26. The normalized spacial score (nSPS) is 13.5. The molecule has 1 aliphatic heterocycles. The van der Waals surface area contributed by atoms with Gasteiger partial charge in [-0.1, -0.05) is 16.9 Å². The van der Waals surface area contributed by atoms with E-state index in [0.29, 0.717) is 37.6 Å². The quantitative estimate of drug-likeness (QED) is 0.528. The summed E-state index contributed by atoms with van der Waals surface area (Å²) in [6.45, 7) is 3.72. The van der Waals surface area contributed by atoms with Crippen LogP contribution in [0, 0.1) is 11.3 Å². The van der Waals surface area contributed by atoms with E-state index < -0.39 is 23.4 Å². The van der Waals surface area contributed by atoms with E-state index in [1.54, 1.807) is 30.3 Å². The molecule has 3 heterocycles. The van der Waals surface area contributed by atoms with Crippen molar-refractivity contribution in [2.45, 2.75) is 13.1 Å². The van der Waals surface area contributed by atoms with Crippen molar-refractivity contribution in [2.75, 3.05) is 38.2 Å². The first-order valence-corrected chi connectivity index (χ1v) is 10.5. The second kappa shape index (κ2) is 10.5. The van der Waals surface area contributed by atoms with E-state index >= 15 is 0 Å². The van der Waals surface area contributed by atoms with Gasteiger partial charge in [0.1, 0.15) is 5.75 Å². The molecule has 15 heteroatoms. The molecule has 0 unspecified atom stereocenters. The highest BCUT2D eigenvalue weighted by Gasteiger charge is 2.43. The first-order valence-electron chi connectivity index (χ1n) is 10.5. The van der Waals surface area contributed by atoms with Gasteiger partial charge >= 0.3 is 23.4 Å². The zero-order valence-electron chi connectivity index (χ0n) is 19.5. The molecule has 0 saturated carbocycles. The predicted octanol–water partition coefficient (Wildman–Crippen LogP) is 0.351. The highest BCUT2D eigenvalue weighted by atomic mass is 19.4. The minimum atomic E-state index is -5.41. The maximum atomic E-state index is 13.2. The molecule has 0 aliphatic carbocycles. The van der Waals surface area contributed by atoms with E-state index in [1.807, 2.05) is 4.90 Å². The van der Waals surface area contributed by atoms with E-state index in [0.717, 1.165) is 4.57 Å². The minimum absolute atomic E-state index is 0.0938. The van der Waals surface area contributed by atoms with Crippen molar-refractivity contribution in [1.82, 2.24) is 24.2 Å². The van der Waals surface area contributed by atoms with Crippen molar-refractivity contribution in [3.63, 3.8) is 0 Å². The van der Waals surface area contributed by atoms with Crippen LogP contribution in [0.1, 0.15) is 6.92 Å². The molecule has 0 radical (unpaired) electrons. The highest BCUT2D eigenvalue weighted by Crippen LogP contribution is 2.30. The van der Waals surface area contributed by atoms with Crippen molar-refractivity contribution in [2.24, 2.45) is 7.05 Å². The summed E-state index contributed by atoms with van der Waals surface area (Å²) in [6, 6.07) is 8.38. The van der Waals surface area contributed by atoms with Crippen LogP contribution in [0.3, 0.4) is 0 Å². The van der Waals surface area contributed by atoms with Gasteiger partial charge in [-0.05, 0) is 12.1 Å². The monoisotopic (exact) mass is 509 g/mol. The van der Waals surface area contributed by atoms with Gasteiger partial charge in [-0.2, -0.15) is 23.4 Å². The van der Waals surface area contributed by atoms with Gasteiger partial charge in [-0.3, -0.25) is 13.9 Å². The van der Waals surface area contributed by atoms with E-state index in [-0.39, 0.29) is 21.8 Å². The third kappa shape index (κ3) is 4.89. The van der Waals surface area contributed by atoms with E-state index in [9.17, 15) is 27.6 Å². The Bertz CT molecular complexity index is 1430. The molecule has 0 atom stereocenters. The Morgan fingerprint density at radius 1 is 1.19 bits per heavy atom. The summed E-state index contributed by atoms with van der Waals surface area (Å²) >= 11 is 0. The number of aryl methyl sites for hydroxylation is 1. The Morgan fingerprint density at radius 3 is 2.39 bits per heavy atom. The number of imidazole rings is 1.